The summed E-state index contributed by atoms with van der Waals surface area (Å²) in [5.74, 6) is 5.63. The highest BCUT2D eigenvalue weighted by molar-refractivity contribution is 14.1. The van der Waals surface area contributed by atoms with Crippen molar-refractivity contribution in [3.8, 4) is 0 Å². The zero-order valence-corrected chi connectivity index (χ0v) is 12.0. The van der Waals surface area contributed by atoms with E-state index in [1.54, 1.807) is 0 Å². The molecule has 1 aliphatic rings. The molecule has 94 valence electrons. The molecule has 0 spiro atoms. The summed E-state index contributed by atoms with van der Waals surface area (Å²) in [5, 5.41) is 0. The Bertz CT molecular complexity index is 336. The third-order valence-corrected chi connectivity index (χ3v) is 3.99. The van der Waals surface area contributed by atoms with Gasteiger partial charge in [-0.3, -0.25) is 11.3 Å². The number of rotatable bonds is 5. The number of hydrogen-bond donors (Lipinski definition) is 2. The van der Waals surface area contributed by atoms with Crippen molar-refractivity contribution in [3.05, 3.63) is 33.4 Å². The van der Waals surface area contributed by atoms with E-state index in [9.17, 15) is 0 Å². The monoisotopic (exact) mass is 346 g/mol. The van der Waals surface area contributed by atoms with Gasteiger partial charge in [0.25, 0.3) is 0 Å². The summed E-state index contributed by atoms with van der Waals surface area (Å²) in [5.41, 5.74) is 4.16. The van der Waals surface area contributed by atoms with Crippen molar-refractivity contribution in [1.82, 2.24) is 5.43 Å². The molecule has 0 radical (unpaired) electrons. The Balaban J connectivity index is 1.89. The summed E-state index contributed by atoms with van der Waals surface area (Å²) < 4.78 is 6.88. The average molecular weight is 346 g/mol. The highest BCUT2D eigenvalue weighted by Crippen LogP contribution is 2.24. The lowest BCUT2D eigenvalue weighted by atomic mass is 10.00. The van der Waals surface area contributed by atoms with Gasteiger partial charge in [-0.05, 0) is 66.0 Å². The van der Waals surface area contributed by atoms with Gasteiger partial charge in [-0.1, -0.05) is 12.1 Å². The van der Waals surface area contributed by atoms with Crippen LogP contribution in [0.5, 0.6) is 0 Å². The van der Waals surface area contributed by atoms with E-state index in [-0.39, 0.29) is 6.04 Å². The molecule has 2 atom stereocenters. The standard InChI is InChI=1S/C13H19IN2O/c14-11-5-3-10(4-6-11)13(16-15)8-7-12-2-1-9-17-12/h3-6,12-13,16H,1-2,7-9,15H2. The fraction of sp³-hybridized carbons (Fsp3) is 0.538. The largest absolute Gasteiger partial charge is 0.378 e. The normalized spacial score (nSPS) is 21.6. The Morgan fingerprint density at radius 3 is 2.76 bits per heavy atom. The van der Waals surface area contributed by atoms with E-state index in [2.05, 4.69) is 52.3 Å². The molecule has 0 saturated carbocycles. The van der Waals surface area contributed by atoms with Crippen LogP contribution in [0.25, 0.3) is 0 Å². The van der Waals surface area contributed by atoms with E-state index in [1.807, 2.05) is 0 Å². The van der Waals surface area contributed by atoms with Gasteiger partial charge >= 0.3 is 0 Å². The second-order valence-corrected chi connectivity index (χ2v) is 5.73. The van der Waals surface area contributed by atoms with Crippen LogP contribution < -0.4 is 11.3 Å². The third kappa shape index (κ3) is 3.91. The van der Waals surface area contributed by atoms with Gasteiger partial charge in [0, 0.05) is 16.2 Å². The molecule has 2 rings (SSSR count). The molecule has 1 saturated heterocycles. The van der Waals surface area contributed by atoms with E-state index in [0.29, 0.717) is 6.10 Å². The molecular formula is C13H19IN2O. The van der Waals surface area contributed by atoms with E-state index in [4.69, 9.17) is 10.6 Å². The second kappa shape index (κ2) is 6.68. The first-order valence-electron chi connectivity index (χ1n) is 6.13. The van der Waals surface area contributed by atoms with Gasteiger partial charge in [0.2, 0.25) is 0 Å². The van der Waals surface area contributed by atoms with Crippen LogP contribution in [-0.2, 0) is 4.74 Å². The maximum Gasteiger partial charge on any atom is 0.0576 e. The van der Waals surface area contributed by atoms with Gasteiger partial charge in [-0.2, -0.15) is 0 Å². The van der Waals surface area contributed by atoms with E-state index >= 15 is 0 Å². The molecular weight excluding hydrogens is 327 g/mol. The lowest BCUT2D eigenvalue weighted by Crippen LogP contribution is -2.28. The fourth-order valence-electron chi connectivity index (χ4n) is 2.27. The van der Waals surface area contributed by atoms with Crippen molar-refractivity contribution in [2.75, 3.05) is 6.61 Å². The SMILES string of the molecule is NNC(CCC1CCCO1)c1ccc(I)cc1. The average Bonchev–Trinajstić information content (AvgIpc) is 2.85. The maximum absolute atomic E-state index is 5.63. The summed E-state index contributed by atoms with van der Waals surface area (Å²) in [6.07, 6.45) is 4.95. The number of benzene rings is 1. The van der Waals surface area contributed by atoms with E-state index in [0.717, 1.165) is 19.4 Å². The lowest BCUT2D eigenvalue weighted by molar-refractivity contribution is 0.0996. The van der Waals surface area contributed by atoms with E-state index < -0.39 is 0 Å². The Morgan fingerprint density at radius 1 is 1.41 bits per heavy atom. The predicted octanol–water partition coefficient (Wildman–Crippen LogP) is 2.75. The van der Waals surface area contributed by atoms with Crippen LogP contribution in [-0.4, -0.2) is 12.7 Å². The van der Waals surface area contributed by atoms with Gasteiger partial charge in [0.1, 0.15) is 0 Å². The van der Waals surface area contributed by atoms with Crippen LogP contribution >= 0.6 is 22.6 Å². The van der Waals surface area contributed by atoms with Crippen LogP contribution in [0, 0.1) is 3.57 Å². The van der Waals surface area contributed by atoms with Crippen molar-refractivity contribution in [2.24, 2.45) is 5.84 Å². The Kier molecular flexibility index (Phi) is 5.21. The van der Waals surface area contributed by atoms with Crippen molar-refractivity contribution in [3.63, 3.8) is 0 Å². The fourth-order valence-corrected chi connectivity index (χ4v) is 2.63. The number of nitrogens with one attached hydrogen (secondary N) is 1. The summed E-state index contributed by atoms with van der Waals surface area (Å²) >= 11 is 2.31. The molecule has 0 bridgehead atoms. The molecule has 3 N–H and O–H groups in total. The van der Waals surface area contributed by atoms with Crippen LogP contribution in [0.1, 0.15) is 37.3 Å². The number of hydrazine groups is 1. The summed E-state index contributed by atoms with van der Waals surface area (Å²) in [6.45, 7) is 0.926. The minimum atomic E-state index is 0.233. The first-order valence-corrected chi connectivity index (χ1v) is 7.20. The van der Waals surface area contributed by atoms with Crippen molar-refractivity contribution in [2.45, 2.75) is 37.8 Å². The van der Waals surface area contributed by atoms with E-state index in [1.165, 1.54) is 22.0 Å². The minimum Gasteiger partial charge on any atom is -0.378 e. The molecule has 4 heteroatoms. The smallest absolute Gasteiger partial charge is 0.0576 e. The first kappa shape index (κ1) is 13.3. The number of nitrogens with two attached hydrogens (primary N) is 1. The molecule has 0 aliphatic carbocycles. The molecule has 3 nitrogen and oxygen atoms in total. The minimum absolute atomic E-state index is 0.233. The Hall–Kier alpha value is -0.170. The highest BCUT2D eigenvalue weighted by Gasteiger charge is 2.18. The molecule has 0 aromatic heterocycles. The Labute approximate surface area is 116 Å². The van der Waals surface area contributed by atoms with Gasteiger partial charge in [0.05, 0.1) is 6.10 Å². The lowest BCUT2D eigenvalue weighted by Gasteiger charge is -2.18. The van der Waals surface area contributed by atoms with Gasteiger partial charge in [-0.25, -0.2) is 0 Å². The summed E-state index contributed by atoms with van der Waals surface area (Å²) in [6, 6.07) is 8.75. The van der Waals surface area contributed by atoms with Crippen LogP contribution in [0.2, 0.25) is 0 Å². The van der Waals surface area contributed by atoms with Crippen LogP contribution in [0.4, 0.5) is 0 Å². The highest BCUT2D eigenvalue weighted by atomic mass is 127. The topological polar surface area (TPSA) is 47.3 Å². The van der Waals surface area contributed by atoms with Crippen molar-refractivity contribution < 1.29 is 4.74 Å². The summed E-state index contributed by atoms with van der Waals surface area (Å²) in [4.78, 5) is 0. The zero-order valence-electron chi connectivity index (χ0n) is 9.86. The van der Waals surface area contributed by atoms with Gasteiger partial charge in [-0.15, -0.1) is 0 Å². The summed E-state index contributed by atoms with van der Waals surface area (Å²) in [7, 11) is 0. The van der Waals surface area contributed by atoms with Crippen molar-refractivity contribution >= 4 is 22.6 Å². The first-order chi connectivity index (χ1) is 8.29. The van der Waals surface area contributed by atoms with Crippen LogP contribution in [0.15, 0.2) is 24.3 Å². The Morgan fingerprint density at radius 2 is 2.18 bits per heavy atom. The number of hydrogen-bond acceptors (Lipinski definition) is 3. The molecule has 1 fully saturated rings. The van der Waals surface area contributed by atoms with Gasteiger partial charge < -0.3 is 4.74 Å². The molecule has 0 amide bonds. The predicted molar refractivity (Wildman–Crippen MR) is 77.4 cm³/mol. The number of ether oxygens (including phenoxy) is 1. The van der Waals surface area contributed by atoms with Gasteiger partial charge in [0.15, 0.2) is 0 Å². The third-order valence-electron chi connectivity index (χ3n) is 3.27. The van der Waals surface area contributed by atoms with Crippen LogP contribution in [0.3, 0.4) is 0 Å². The second-order valence-electron chi connectivity index (χ2n) is 4.48. The molecule has 17 heavy (non-hydrogen) atoms. The van der Waals surface area contributed by atoms with Crippen molar-refractivity contribution in [1.29, 1.82) is 0 Å². The molecule has 1 aromatic carbocycles. The molecule has 1 heterocycles. The maximum atomic E-state index is 5.63. The quantitative estimate of drug-likeness (QED) is 0.490. The molecule has 2 unspecified atom stereocenters. The molecule has 1 aromatic rings. The molecule has 1 aliphatic heterocycles. The number of halogens is 1. The zero-order chi connectivity index (χ0) is 12.1.